The van der Waals surface area contributed by atoms with Gasteiger partial charge in [0.15, 0.2) is 0 Å². The van der Waals surface area contributed by atoms with Crippen LogP contribution in [0.2, 0.25) is 0 Å². The fourth-order valence-corrected chi connectivity index (χ4v) is 11.1. The topological polar surface area (TPSA) is 113 Å². The van der Waals surface area contributed by atoms with Crippen molar-refractivity contribution in [1.82, 2.24) is 14.2 Å². The van der Waals surface area contributed by atoms with Gasteiger partial charge in [0.05, 0.1) is 33.0 Å². The van der Waals surface area contributed by atoms with E-state index in [1.54, 1.807) is 27.3 Å². The summed E-state index contributed by atoms with van der Waals surface area (Å²) in [6.07, 6.45) is 1.85. The van der Waals surface area contributed by atoms with E-state index in [1.165, 1.54) is 15.7 Å². The van der Waals surface area contributed by atoms with Crippen LogP contribution in [0.4, 0.5) is 0 Å². The molecule has 0 unspecified atom stereocenters. The molecule has 1 N–H and O–H groups in total. The molecule has 0 bridgehead atoms. The molecule has 3 aliphatic rings. The maximum Gasteiger partial charge on any atom is 0.330 e. The molecule has 12 heteroatoms. The molecule has 3 fully saturated rings. The van der Waals surface area contributed by atoms with Gasteiger partial charge in [0, 0.05) is 36.7 Å². The second kappa shape index (κ2) is 17.9. The SMILES string of the molecule is COc1ccc(C(OC[C@H]2O[C@@H](n3cc(C)c(=O)[nH]c3=O)C[C@@H]2O[P@@]2O[C@H](C(c3ccccc3)c3ccccc3)[C@@H]3CCCN32)(c2ccccc2)c2ccc(OC)cc2)cc1. The van der Waals surface area contributed by atoms with Crippen LogP contribution < -0.4 is 20.7 Å². The molecule has 6 atom stereocenters. The minimum atomic E-state index is -1.54. The van der Waals surface area contributed by atoms with Crippen LogP contribution >= 0.6 is 8.53 Å². The van der Waals surface area contributed by atoms with Crippen molar-refractivity contribution in [3.63, 3.8) is 0 Å². The standard InChI is InChI=1S/C49H50N3O8P/c1-33-31-51(48(54)50-47(33)53)44-30-42(59-61-52-29-13-20-41(52)46(60-61)45(34-14-7-4-8-15-34)35-16-9-5-10-17-35)43(58-44)32-57-49(36-18-11-6-12-19-36,37-21-25-39(55-2)26-22-37)38-23-27-40(56-3)28-24-38/h4-12,14-19,21-28,31,41-46H,13,20,29-30,32H2,1-3H3,(H,50,53,54)/t41-,42-,43+,44+,46-,61-/m0/s1. The number of rotatable bonds is 14. The number of aryl methyl sites for hydroxylation is 1. The summed E-state index contributed by atoms with van der Waals surface area (Å²) in [5.74, 6) is 1.44. The van der Waals surface area contributed by atoms with Crippen LogP contribution in [0.3, 0.4) is 0 Å². The second-order valence-electron chi connectivity index (χ2n) is 15.8. The predicted octanol–water partition coefficient (Wildman–Crippen LogP) is 8.47. The second-order valence-corrected chi connectivity index (χ2v) is 17.2. The summed E-state index contributed by atoms with van der Waals surface area (Å²) >= 11 is 0. The lowest BCUT2D eigenvalue weighted by Crippen LogP contribution is -2.38. The highest BCUT2D eigenvalue weighted by Crippen LogP contribution is 2.60. The van der Waals surface area contributed by atoms with Gasteiger partial charge < -0.3 is 28.0 Å². The summed E-state index contributed by atoms with van der Waals surface area (Å²) in [7, 11) is 1.75. The monoisotopic (exact) mass is 839 g/mol. The van der Waals surface area contributed by atoms with E-state index < -0.39 is 43.8 Å². The minimum absolute atomic E-state index is 0.000941. The van der Waals surface area contributed by atoms with Gasteiger partial charge in [-0.2, -0.15) is 0 Å². The molecule has 61 heavy (non-hydrogen) atoms. The van der Waals surface area contributed by atoms with E-state index >= 15 is 0 Å². The van der Waals surface area contributed by atoms with E-state index in [-0.39, 0.29) is 24.7 Å². The summed E-state index contributed by atoms with van der Waals surface area (Å²) in [4.78, 5) is 28.3. The first kappa shape index (κ1) is 41.0. The number of aromatic nitrogens is 2. The predicted molar refractivity (Wildman–Crippen MR) is 234 cm³/mol. The number of methoxy groups -OCH3 is 2. The van der Waals surface area contributed by atoms with Crippen LogP contribution in [0.15, 0.2) is 155 Å². The van der Waals surface area contributed by atoms with Gasteiger partial charge in [0.1, 0.15) is 29.4 Å². The number of aromatic amines is 1. The quantitative estimate of drug-likeness (QED) is 0.0853. The summed E-state index contributed by atoms with van der Waals surface area (Å²) < 4.78 is 43.5. The van der Waals surface area contributed by atoms with Gasteiger partial charge in [0.25, 0.3) is 14.1 Å². The van der Waals surface area contributed by atoms with Crippen molar-refractivity contribution in [1.29, 1.82) is 0 Å². The maximum atomic E-state index is 13.4. The molecule has 0 spiro atoms. The van der Waals surface area contributed by atoms with E-state index in [0.29, 0.717) is 12.0 Å². The van der Waals surface area contributed by atoms with Crippen molar-refractivity contribution in [2.24, 2.45) is 0 Å². The number of nitrogens with zero attached hydrogens (tertiary/aromatic N) is 2. The molecule has 0 radical (unpaired) electrons. The third-order valence-corrected chi connectivity index (χ3v) is 14.0. The molecule has 3 saturated heterocycles. The Kier molecular flexibility index (Phi) is 12.0. The molecule has 1 aromatic heterocycles. The molecule has 9 rings (SSSR count). The van der Waals surface area contributed by atoms with Crippen molar-refractivity contribution in [2.45, 2.75) is 68.3 Å². The van der Waals surface area contributed by atoms with Gasteiger partial charge in [-0.3, -0.25) is 14.3 Å². The molecule has 0 amide bonds. The van der Waals surface area contributed by atoms with E-state index in [1.807, 2.05) is 78.9 Å². The third-order valence-electron chi connectivity index (χ3n) is 12.2. The van der Waals surface area contributed by atoms with Gasteiger partial charge in [-0.1, -0.05) is 115 Å². The van der Waals surface area contributed by atoms with Gasteiger partial charge in [-0.05, 0) is 71.8 Å². The molecule has 3 aliphatic heterocycles. The van der Waals surface area contributed by atoms with E-state index in [2.05, 4.69) is 70.3 Å². The molecular weight excluding hydrogens is 790 g/mol. The Morgan fingerprint density at radius 1 is 0.770 bits per heavy atom. The van der Waals surface area contributed by atoms with Crippen molar-refractivity contribution >= 4 is 8.53 Å². The normalized spacial score (nSPS) is 22.7. The molecule has 0 aliphatic carbocycles. The smallest absolute Gasteiger partial charge is 0.330 e. The number of H-pyrrole nitrogens is 1. The lowest BCUT2D eigenvalue weighted by Gasteiger charge is -2.37. The van der Waals surface area contributed by atoms with Crippen molar-refractivity contribution in [3.8, 4) is 11.5 Å². The fourth-order valence-electron chi connectivity index (χ4n) is 9.14. The highest BCUT2D eigenvalue weighted by Gasteiger charge is 2.53. The molecule has 11 nitrogen and oxygen atoms in total. The zero-order valence-electron chi connectivity index (χ0n) is 34.5. The lowest BCUT2D eigenvalue weighted by atomic mass is 9.80. The zero-order valence-corrected chi connectivity index (χ0v) is 35.4. The summed E-state index contributed by atoms with van der Waals surface area (Å²) in [6, 6.07) is 47.2. The Balaban J connectivity index is 1.09. The Bertz CT molecular complexity index is 2420. The van der Waals surface area contributed by atoms with Gasteiger partial charge >= 0.3 is 5.69 Å². The number of fused-ring (bicyclic) bond motifs is 1. The van der Waals surface area contributed by atoms with Crippen LogP contribution in [0.25, 0.3) is 0 Å². The third kappa shape index (κ3) is 8.10. The summed E-state index contributed by atoms with van der Waals surface area (Å²) in [5, 5.41) is 0. The van der Waals surface area contributed by atoms with E-state index in [9.17, 15) is 9.59 Å². The van der Waals surface area contributed by atoms with Gasteiger partial charge in [0.2, 0.25) is 0 Å². The minimum Gasteiger partial charge on any atom is -0.497 e. The Morgan fingerprint density at radius 2 is 1.33 bits per heavy atom. The highest BCUT2D eigenvalue weighted by molar-refractivity contribution is 7.45. The molecule has 314 valence electrons. The number of nitrogens with one attached hydrogen (secondary N) is 1. The average molecular weight is 840 g/mol. The molecular formula is C49H50N3O8P. The first-order valence-electron chi connectivity index (χ1n) is 20.8. The van der Waals surface area contributed by atoms with E-state index in [4.69, 9.17) is 28.0 Å². The Hall–Kier alpha value is -5.39. The molecule has 0 saturated carbocycles. The molecule has 5 aromatic carbocycles. The number of ether oxygens (including phenoxy) is 4. The zero-order chi connectivity index (χ0) is 41.9. The van der Waals surface area contributed by atoms with E-state index in [0.717, 1.165) is 47.6 Å². The fraction of sp³-hybridized carbons (Fsp3) is 0.306. The van der Waals surface area contributed by atoms with Crippen LogP contribution in [-0.2, 0) is 24.1 Å². The average Bonchev–Trinajstić information content (AvgIpc) is 4.04. The van der Waals surface area contributed by atoms with Crippen LogP contribution in [0.1, 0.15) is 64.8 Å². The summed E-state index contributed by atoms with van der Waals surface area (Å²) in [5.41, 5.74) is 3.36. The number of benzene rings is 5. The van der Waals surface area contributed by atoms with Crippen LogP contribution in [0, 0.1) is 6.92 Å². The van der Waals surface area contributed by atoms with Gasteiger partial charge in [-0.15, -0.1) is 0 Å². The first-order valence-corrected chi connectivity index (χ1v) is 22.0. The lowest BCUT2D eigenvalue weighted by molar-refractivity contribution is -0.0920. The molecule has 6 aromatic rings. The summed E-state index contributed by atoms with van der Waals surface area (Å²) in [6.45, 7) is 2.61. The van der Waals surface area contributed by atoms with Crippen molar-refractivity contribution in [2.75, 3.05) is 27.4 Å². The largest absolute Gasteiger partial charge is 0.497 e. The van der Waals surface area contributed by atoms with Crippen molar-refractivity contribution < 1.29 is 28.0 Å². The number of hydrogen-bond acceptors (Lipinski definition) is 9. The van der Waals surface area contributed by atoms with Gasteiger partial charge in [-0.25, -0.2) is 9.46 Å². The van der Waals surface area contributed by atoms with Crippen molar-refractivity contribution in [3.05, 3.63) is 200 Å². The Labute approximate surface area is 356 Å². The first-order chi connectivity index (χ1) is 29.9. The highest BCUT2D eigenvalue weighted by atomic mass is 31.2. The maximum absolute atomic E-state index is 13.4. The number of hydrogen-bond donors (Lipinski definition) is 1. The van der Waals surface area contributed by atoms with Crippen LogP contribution in [0.5, 0.6) is 11.5 Å². The van der Waals surface area contributed by atoms with Crippen LogP contribution in [-0.4, -0.2) is 65.9 Å². The molecule has 4 heterocycles. The Morgan fingerprint density at radius 3 is 1.90 bits per heavy atom.